The Morgan fingerprint density at radius 3 is 2.57 bits per heavy atom. The second kappa shape index (κ2) is 4.33. The van der Waals surface area contributed by atoms with Gasteiger partial charge in [0.1, 0.15) is 0 Å². The summed E-state index contributed by atoms with van der Waals surface area (Å²) in [4.78, 5) is 0. The lowest BCUT2D eigenvalue weighted by Crippen LogP contribution is -2.09. The number of hydrogen-bond acceptors (Lipinski definition) is 1. The minimum atomic E-state index is -4.86. The molecule has 76 valence electrons. The third kappa shape index (κ3) is 3.66. The standard InChI is InChI=1S/C9H10BF3N/c11-10(12,13)5-4-8-2-1-3-9(6-8)7-14/h1-6H,7,14H2/q-1/b5-4+. The minimum absolute atomic E-state index is 0.273. The van der Waals surface area contributed by atoms with Crippen molar-refractivity contribution in [3.63, 3.8) is 0 Å². The van der Waals surface area contributed by atoms with Crippen LogP contribution in [0.5, 0.6) is 0 Å². The first-order chi connectivity index (χ1) is 6.51. The van der Waals surface area contributed by atoms with Gasteiger partial charge in [-0.3, -0.25) is 0 Å². The summed E-state index contributed by atoms with van der Waals surface area (Å²) in [6, 6.07) is 6.71. The summed E-state index contributed by atoms with van der Waals surface area (Å²) in [5.74, 6) is 0.273. The summed E-state index contributed by atoms with van der Waals surface area (Å²) >= 11 is 0. The maximum Gasteiger partial charge on any atom is 0.502 e. The van der Waals surface area contributed by atoms with Crippen LogP contribution in [0.25, 0.3) is 6.08 Å². The molecule has 0 spiro atoms. The smallest absolute Gasteiger partial charge is 0.445 e. The lowest BCUT2D eigenvalue weighted by atomic mass is 9.90. The maximum absolute atomic E-state index is 11.9. The van der Waals surface area contributed by atoms with Gasteiger partial charge < -0.3 is 18.7 Å². The van der Waals surface area contributed by atoms with E-state index in [4.69, 9.17) is 5.73 Å². The molecule has 0 unspecified atom stereocenters. The summed E-state index contributed by atoms with van der Waals surface area (Å²) < 4.78 is 35.6. The quantitative estimate of drug-likeness (QED) is 0.745. The highest BCUT2D eigenvalue weighted by atomic mass is 19.4. The molecule has 14 heavy (non-hydrogen) atoms. The van der Waals surface area contributed by atoms with Gasteiger partial charge in [0, 0.05) is 6.54 Å². The number of rotatable bonds is 3. The Labute approximate surface area is 80.5 Å². The highest BCUT2D eigenvalue weighted by Crippen LogP contribution is 2.13. The molecule has 1 nitrogen and oxygen atoms in total. The van der Waals surface area contributed by atoms with Crippen molar-refractivity contribution < 1.29 is 12.9 Å². The van der Waals surface area contributed by atoms with Crippen LogP contribution in [0.2, 0.25) is 0 Å². The largest absolute Gasteiger partial charge is 0.502 e. The van der Waals surface area contributed by atoms with Crippen molar-refractivity contribution in [2.75, 3.05) is 0 Å². The molecule has 5 heteroatoms. The van der Waals surface area contributed by atoms with Crippen LogP contribution in [0.1, 0.15) is 11.1 Å². The Kier molecular flexibility index (Phi) is 3.35. The average Bonchev–Trinajstić information content (AvgIpc) is 2.14. The van der Waals surface area contributed by atoms with Crippen LogP contribution in [0, 0.1) is 0 Å². The van der Waals surface area contributed by atoms with Crippen LogP contribution in [-0.2, 0) is 6.54 Å². The zero-order chi connectivity index (χ0) is 10.6. The molecule has 2 N–H and O–H groups in total. The van der Waals surface area contributed by atoms with Gasteiger partial charge in [0.2, 0.25) is 0 Å². The van der Waals surface area contributed by atoms with Crippen molar-refractivity contribution in [3.05, 3.63) is 41.4 Å². The zero-order valence-corrected chi connectivity index (χ0v) is 7.46. The number of nitrogens with two attached hydrogens (primary N) is 1. The molecule has 0 atom stereocenters. The van der Waals surface area contributed by atoms with Crippen molar-refractivity contribution in [2.24, 2.45) is 5.73 Å². The van der Waals surface area contributed by atoms with Gasteiger partial charge in [-0.25, -0.2) is 0 Å². The summed E-state index contributed by atoms with van der Waals surface area (Å²) in [5.41, 5.74) is 6.70. The Bertz CT molecular complexity index is 333. The average molecular weight is 200 g/mol. The summed E-state index contributed by atoms with van der Waals surface area (Å²) in [7, 11) is 0. The lowest BCUT2D eigenvalue weighted by molar-refractivity contribution is 0.499. The van der Waals surface area contributed by atoms with Crippen LogP contribution in [0.15, 0.2) is 30.2 Å². The molecule has 0 radical (unpaired) electrons. The highest BCUT2D eigenvalue weighted by molar-refractivity contribution is 6.64. The van der Waals surface area contributed by atoms with E-state index in [0.717, 1.165) is 11.6 Å². The monoisotopic (exact) mass is 200 g/mol. The first kappa shape index (κ1) is 10.9. The molecule has 0 fully saturated rings. The fourth-order valence-electron chi connectivity index (χ4n) is 1.04. The highest BCUT2D eigenvalue weighted by Gasteiger charge is 2.16. The molecule has 0 aliphatic carbocycles. The van der Waals surface area contributed by atoms with Gasteiger partial charge in [0.15, 0.2) is 0 Å². The minimum Gasteiger partial charge on any atom is -0.445 e. The van der Waals surface area contributed by atoms with E-state index in [9.17, 15) is 12.9 Å². The third-order valence-corrected chi connectivity index (χ3v) is 1.69. The van der Waals surface area contributed by atoms with E-state index in [2.05, 4.69) is 0 Å². The van der Waals surface area contributed by atoms with Crippen LogP contribution in [-0.4, -0.2) is 6.98 Å². The first-order valence-electron chi connectivity index (χ1n) is 4.19. The summed E-state index contributed by atoms with van der Waals surface area (Å²) in [5, 5.41) is 0. The van der Waals surface area contributed by atoms with Crippen molar-refractivity contribution in [2.45, 2.75) is 6.54 Å². The van der Waals surface area contributed by atoms with Crippen LogP contribution >= 0.6 is 0 Å². The fraction of sp³-hybridized carbons (Fsp3) is 0.111. The molecule has 0 aliphatic heterocycles. The molecule has 0 heterocycles. The summed E-state index contributed by atoms with van der Waals surface area (Å²) in [6.07, 6.45) is 1.05. The van der Waals surface area contributed by atoms with E-state index in [1.165, 1.54) is 0 Å². The van der Waals surface area contributed by atoms with E-state index < -0.39 is 6.98 Å². The van der Waals surface area contributed by atoms with Gasteiger partial charge in [0.05, 0.1) is 0 Å². The molecule has 1 aromatic carbocycles. The van der Waals surface area contributed by atoms with Crippen molar-refractivity contribution >= 4 is 13.1 Å². The molecular weight excluding hydrogens is 190 g/mol. The van der Waals surface area contributed by atoms with E-state index >= 15 is 0 Å². The summed E-state index contributed by atoms with van der Waals surface area (Å²) in [6.45, 7) is -4.52. The molecule has 0 saturated heterocycles. The molecule has 0 aromatic heterocycles. The predicted molar refractivity (Wildman–Crippen MR) is 52.4 cm³/mol. The van der Waals surface area contributed by atoms with Crippen molar-refractivity contribution in [3.8, 4) is 0 Å². The van der Waals surface area contributed by atoms with E-state index in [1.807, 2.05) is 0 Å². The van der Waals surface area contributed by atoms with E-state index in [1.54, 1.807) is 24.3 Å². The molecular formula is C9H10BF3N-. The number of hydrogen-bond donors (Lipinski definition) is 1. The van der Waals surface area contributed by atoms with Gasteiger partial charge >= 0.3 is 6.98 Å². The van der Waals surface area contributed by atoms with Crippen LogP contribution in [0.4, 0.5) is 12.9 Å². The predicted octanol–water partition coefficient (Wildman–Crippen LogP) is 2.55. The molecule has 1 aromatic rings. The molecule has 0 amide bonds. The SMILES string of the molecule is NCc1cccc(/C=C/[B-](F)(F)F)c1. The lowest BCUT2D eigenvalue weighted by Gasteiger charge is -2.06. The molecule has 1 rings (SSSR count). The Balaban J connectivity index is 2.82. The van der Waals surface area contributed by atoms with E-state index in [0.29, 0.717) is 12.1 Å². The maximum atomic E-state index is 11.9. The second-order valence-corrected chi connectivity index (χ2v) is 2.93. The van der Waals surface area contributed by atoms with Crippen LogP contribution in [0.3, 0.4) is 0 Å². The third-order valence-electron chi connectivity index (χ3n) is 1.69. The van der Waals surface area contributed by atoms with Gasteiger partial charge in [-0.2, -0.15) is 0 Å². The van der Waals surface area contributed by atoms with E-state index in [-0.39, 0.29) is 5.98 Å². The Morgan fingerprint density at radius 2 is 2.00 bits per heavy atom. The Hall–Kier alpha value is -1.23. The van der Waals surface area contributed by atoms with Gasteiger partial charge in [-0.15, -0.1) is 5.98 Å². The molecule has 0 aliphatic rings. The first-order valence-corrected chi connectivity index (χ1v) is 4.19. The Morgan fingerprint density at radius 1 is 1.29 bits per heavy atom. The molecule has 0 saturated carbocycles. The van der Waals surface area contributed by atoms with Crippen molar-refractivity contribution in [1.29, 1.82) is 0 Å². The molecule has 0 bridgehead atoms. The number of halogens is 3. The number of benzene rings is 1. The second-order valence-electron chi connectivity index (χ2n) is 2.93. The van der Waals surface area contributed by atoms with Crippen molar-refractivity contribution in [1.82, 2.24) is 0 Å². The van der Waals surface area contributed by atoms with Gasteiger partial charge in [-0.1, -0.05) is 30.3 Å². The fourth-order valence-corrected chi connectivity index (χ4v) is 1.04. The van der Waals surface area contributed by atoms with Crippen LogP contribution < -0.4 is 5.73 Å². The van der Waals surface area contributed by atoms with Gasteiger partial charge in [0.25, 0.3) is 0 Å². The van der Waals surface area contributed by atoms with Gasteiger partial charge in [-0.05, 0) is 11.1 Å². The topological polar surface area (TPSA) is 26.0 Å². The zero-order valence-electron chi connectivity index (χ0n) is 7.46. The normalized spacial score (nSPS) is 12.3.